The van der Waals surface area contributed by atoms with E-state index in [9.17, 15) is 4.79 Å². The maximum atomic E-state index is 11.8. The second kappa shape index (κ2) is 5.79. The van der Waals surface area contributed by atoms with Gasteiger partial charge in [0.25, 0.3) is 0 Å². The van der Waals surface area contributed by atoms with Crippen molar-refractivity contribution in [3.8, 4) is 6.07 Å². The molecule has 2 fully saturated rings. The highest BCUT2D eigenvalue weighted by Gasteiger charge is 2.59. The zero-order chi connectivity index (χ0) is 13.9. The Morgan fingerprint density at radius 1 is 1.47 bits per heavy atom. The Morgan fingerprint density at radius 2 is 2.26 bits per heavy atom. The molecule has 0 aromatic carbocycles. The SMILES string of the molecule is CC1(C)[C@H](NC(=O)NCCCCC#N)[C@@H]2CCO[C@@H]21. The van der Waals surface area contributed by atoms with E-state index in [1.54, 1.807) is 0 Å². The van der Waals surface area contributed by atoms with Gasteiger partial charge in [0.2, 0.25) is 0 Å². The molecule has 1 heterocycles. The maximum absolute atomic E-state index is 11.8. The first-order chi connectivity index (χ1) is 9.07. The molecule has 2 rings (SSSR count). The number of carbonyl (C=O) groups is 1. The van der Waals surface area contributed by atoms with Crippen molar-refractivity contribution in [1.29, 1.82) is 5.26 Å². The Morgan fingerprint density at radius 3 is 3.00 bits per heavy atom. The van der Waals surface area contributed by atoms with Crippen molar-refractivity contribution in [1.82, 2.24) is 10.6 Å². The van der Waals surface area contributed by atoms with E-state index in [-0.39, 0.29) is 17.5 Å². The van der Waals surface area contributed by atoms with E-state index in [4.69, 9.17) is 10.00 Å². The van der Waals surface area contributed by atoms with E-state index in [0.717, 1.165) is 25.9 Å². The number of urea groups is 1. The van der Waals surface area contributed by atoms with Crippen molar-refractivity contribution in [2.45, 2.75) is 51.7 Å². The molecule has 0 unspecified atom stereocenters. The molecule has 5 nitrogen and oxygen atoms in total. The molecule has 1 aliphatic carbocycles. The van der Waals surface area contributed by atoms with Crippen LogP contribution < -0.4 is 10.6 Å². The summed E-state index contributed by atoms with van der Waals surface area (Å²) in [5, 5.41) is 14.3. The number of fused-ring (bicyclic) bond motifs is 1. The highest BCUT2D eigenvalue weighted by atomic mass is 16.5. The lowest BCUT2D eigenvalue weighted by atomic mass is 9.57. The lowest BCUT2D eigenvalue weighted by molar-refractivity contribution is -0.108. The van der Waals surface area contributed by atoms with E-state index in [0.29, 0.717) is 25.0 Å². The minimum absolute atomic E-state index is 0.0271. The molecule has 2 aliphatic rings. The summed E-state index contributed by atoms with van der Waals surface area (Å²) in [6.45, 7) is 5.74. The van der Waals surface area contributed by atoms with Gasteiger partial charge in [0.15, 0.2) is 0 Å². The molecule has 1 saturated heterocycles. The van der Waals surface area contributed by atoms with Gasteiger partial charge in [-0.3, -0.25) is 0 Å². The molecule has 19 heavy (non-hydrogen) atoms. The van der Waals surface area contributed by atoms with Crippen LogP contribution in [-0.4, -0.2) is 31.3 Å². The molecule has 0 aromatic heterocycles. The van der Waals surface area contributed by atoms with Crippen molar-refractivity contribution in [2.75, 3.05) is 13.2 Å². The van der Waals surface area contributed by atoms with Crippen LogP contribution in [0.1, 0.15) is 39.5 Å². The Balaban J connectivity index is 1.69. The number of hydrogen-bond acceptors (Lipinski definition) is 3. The third-order valence-corrected chi connectivity index (χ3v) is 4.39. The highest BCUT2D eigenvalue weighted by molar-refractivity contribution is 5.74. The third-order valence-electron chi connectivity index (χ3n) is 4.39. The lowest BCUT2D eigenvalue weighted by Gasteiger charge is -2.54. The Kier molecular flexibility index (Phi) is 4.31. The molecule has 0 spiro atoms. The van der Waals surface area contributed by atoms with Crippen molar-refractivity contribution in [3.63, 3.8) is 0 Å². The summed E-state index contributed by atoms with van der Waals surface area (Å²) in [6, 6.07) is 2.21. The Labute approximate surface area is 114 Å². The van der Waals surface area contributed by atoms with Gasteiger partial charge in [-0.15, -0.1) is 0 Å². The summed E-state index contributed by atoms with van der Waals surface area (Å²) < 4.78 is 5.70. The predicted molar refractivity (Wildman–Crippen MR) is 71.4 cm³/mol. The Bertz CT molecular complexity index is 375. The zero-order valence-electron chi connectivity index (χ0n) is 11.7. The van der Waals surface area contributed by atoms with Gasteiger partial charge in [-0.1, -0.05) is 13.8 Å². The second-order valence-electron chi connectivity index (χ2n) is 6.06. The number of unbranched alkanes of at least 4 members (excludes halogenated alkanes) is 2. The van der Waals surface area contributed by atoms with Gasteiger partial charge >= 0.3 is 6.03 Å². The molecule has 0 bridgehead atoms. The van der Waals surface area contributed by atoms with E-state index in [1.165, 1.54) is 0 Å². The van der Waals surface area contributed by atoms with Crippen molar-refractivity contribution in [2.24, 2.45) is 11.3 Å². The molecule has 0 radical (unpaired) electrons. The van der Waals surface area contributed by atoms with Gasteiger partial charge in [0, 0.05) is 36.9 Å². The normalized spacial score (nSPS) is 30.9. The number of nitrogens with one attached hydrogen (secondary N) is 2. The molecule has 0 aromatic rings. The summed E-state index contributed by atoms with van der Waals surface area (Å²) in [4.78, 5) is 11.8. The lowest BCUT2D eigenvalue weighted by Crippen LogP contribution is -2.67. The number of nitriles is 1. The molecule has 2 N–H and O–H groups in total. The van der Waals surface area contributed by atoms with Crippen LogP contribution in [0.5, 0.6) is 0 Å². The van der Waals surface area contributed by atoms with Crippen molar-refractivity contribution < 1.29 is 9.53 Å². The topological polar surface area (TPSA) is 74.2 Å². The summed E-state index contributed by atoms with van der Waals surface area (Å²) >= 11 is 0. The minimum Gasteiger partial charge on any atom is -0.377 e. The number of ether oxygens (including phenoxy) is 1. The molecule has 1 saturated carbocycles. The van der Waals surface area contributed by atoms with Crippen LogP contribution in [-0.2, 0) is 4.74 Å². The molecule has 3 atom stereocenters. The fraction of sp³-hybridized carbons (Fsp3) is 0.857. The van der Waals surface area contributed by atoms with Gasteiger partial charge in [0.05, 0.1) is 12.2 Å². The fourth-order valence-corrected chi connectivity index (χ4v) is 3.34. The molecular formula is C14H23N3O2. The summed E-state index contributed by atoms with van der Waals surface area (Å²) in [6.07, 6.45) is 3.59. The molecule has 5 heteroatoms. The number of amides is 2. The molecule has 106 valence electrons. The largest absolute Gasteiger partial charge is 0.377 e. The molecule has 2 amide bonds. The van der Waals surface area contributed by atoms with Crippen LogP contribution in [0.25, 0.3) is 0 Å². The van der Waals surface area contributed by atoms with Crippen LogP contribution in [0.3, 0.4) is 0 Å². The number of rotatable bonds is 5. The van der Waals surface area contributed by atoms with Crippen LogP contribution in [0.2, 0.25) is 0 Å². The van der Waals surface area contributed by atoms with Gasteiger partial charge in [0.1, 0.15) is 0 Å². The van der Waals surface area contributed by atoms with E-state index in [2.05, 4.69) is 30.6 Å². The number of hydrogen-bond donors (Lipinski definition) is 2. The predicted octanol–water partition coefficient (Wildman–Crippen LogP) is 1.79. The van der Waals surface area contributed by atoms with Crippen molar-refractivity contribution >= 4 is 6.03 Å². The third kappa shape index (κ3) is 2.84. The van der Waals surface area contributed by atoms with Gasteiger partial charge in [-0.2, -0.15) is 5.26 Å². The molecular weight excluding hydrogens is 242 g/mol. The smallest absolute Gasteiger partial charge is 0.315 e. The average molecular weight is 265 g/mol. The number of carbonyl (C=O) groups excluding carboxylic acids is 1. The van der Waals surface area contributed by atoms with Crippen LogP contribution >= 0.6 is 0 Å². The summed E-state index contributed by atoms with van der Waals surface area (Å²) in [5.41, 5.74) is 0.0271. The van der Waals surface area contributed by atoms with Crippen molar-refractivity contribution in [3.05, 3.63) is 0 Å². The van der Waals surface area contributed by atoms with Gasteiger partial charge in [-0.05, 0) is 19.3 Å². The monoisotopic (exact) mass is 265 g/mol. The standard InChI is InChI=1S/C14H23N3O2/c1-14(2)11(10-6-9-19-12(10)14)17-13(18)16-8-5-3-4-7-15/h10-12H,3-6,8-9H2,1-2H3,(H2,16,17,18)/t10-,11+,12-/m0/s1. The second-order valence-corrected chi connectivity index (χ2v) is 6.06. The van der Waals surface area contributed by atoms with Gasteiger partial charge < -0.3 is 15.4 Å². The maximum Gasteiger partial charge on any atom is 0.315 e. The quantitative estimate of drug-likeness (QED) is 0.744. The first-order valence-corrected chi connectivity index (χ1v) is 7.10. The first kappa shape index (κ1) is 14.1. The zero-order valence-corrected chi connectivity index (χ0v) is 11.7. The highest BCUT2D eigenvalue weighted by Crippen LogP contribution is 2.51. The van der Waals surface area contributed by atoms with Crippen LogP contribution in [0.4, 0.5) is 4.79 Å². The van der Waals surface area contributed by atoms with E-state index < -0.39 is 0 Å². The summed E-state index contributed by atoms with van der Waals surface area (Å²) in [5.74, 6) is 0.472. The van der Waals surface area contributed by atoms with E-state index in [1.807, 2.05) is 0 Å². The fourth-order valence-electron chi connectivity index (χ4n) is 3.34. The van der Waals surface area contributed by atoms with Crippen LogP contribution in [0, 0.1) is 22.7 Å². The van der Waals surface area contributed by atoms with E-state index >= 15 is 0 Å². The Hall–Kier alpha value is -1.28. The summed E-state index contributed by atoms with van der Waals surface area (Å²) in [7, 11) is 0. The molecule has 1 aliphatic heterocycles. The van der Waals surface area contributed by atoms with Gasteiger partial charge in [-0.25, -0.2) is 4.79 Å². The minimum atomic E-state index is -0.0969. The number of nitrogens with zero attached hydrogens (tertiary/aromatic N) is 1. The van der Waals surface area contributed by atoms with Crippen LogP contribution in [0.15, 0.2) is 0 Å². The first-order valence-electron chi connectivity index (χ1n) is 7.10. The average Bonchev–Trinajstić information content (AvgIpc) is 2.82.